The largest absolute Gasteiger partial charge is 0.184 e. The van der Waals surface area contributed by atoms with Gasteiger partial charge < -0.3 is 0 Å². The van der Waals surface area contributed by atoms with E-state index < -0.39 is 0 Å². The minimum Gasteiger partial charge on any atom is -0.184 e. The average Bonchev–Trinajstić information content (AvgIpc) is 2.82. The molecule has 0 spiro atoms. The lowest BCUT2D eigenvalue weighted by Gasteiger charge is -2.00. The molecule has 1 heterocycles. The third kappa shape index (κ3) is 1.69. The molecule has 0 saturated heterocycles. The lowest BCUT2D eigenvalue weighted by molar-refractivity contribution is 0.578. The van der Waals surface area contributed by atoms with Gasteiger partial charge in [-0.2, -0.15) is 15.0 Å². The Morgan fingerprint density at radius 2 is 1.76 bits per heavy atom. The molecule has 0 saturated carbocycles. The van der Waals surface area contributed by atoms with Gasteiger partial charge in [-0.15, -0.1) is 0 Å². The SMILES string of the molecule is CCn1nc2cccc(-c3ccccc3)c2n1. The number of aryl methyl sites for hydroxylation is 1. The zero-order valence-corrected chi connectivity index (χ0v) is 9.67. The van der Waals surface area contributed by atoms with E-state index >= 15 is 0 Å². The van der Waals surface area contributed by atoms with Crippen LogP contribution in [-0.2, 0) is 6.54 Å². The van der Waals surface area contributed by atoms with Crippen molar-refractivity contribution in [3.63, 3.8) is 0 Å². The van der Waals surface area contributed by atoms with Crippen molar-refractivity contribution in [3.05, 3.63) is 48.5 Å². The maximum absolute atomic E-state index is 4.51. The van der Waals surface area contributed by atoms with Crippen molar-refractivity contribution < 1.29 is 0 Å². The molecule has 3 rings (SSSR count). The molecule has 0 bridgehead atoms. The first kappa shape index (κ1) is 10.0. The highest BCUT2D eigenvalue weighted by molar-refractivity contribution is 5.91. The predicted molar refractivity (Wildman–Crippen MR) is 68.6 cm³/mol. The molecule has 0 N–H and O–H groups in total. The Hall–Kier alpha value is -2.16. The minimum absolute atomic E-state index is 0.795. The van der Waals surface area contributed by atoms with Crippen molar-refractivity contribution in [2.45, 2.75) is 13.5 Å². The van der Waals surface area contributed by atoms with E-state index in [-0.39, 0.29) is 0 Å². The molecule has 3 heteroatoms. The van der Waals surface area contributed by atoms with E-state index in [9.17, 15) is 0 Å². The van der Waals surface area contributed by atoms with Crippen LogP contribution in [0.5, 0.6) is 0 Å². The van der Waals surface area contributed by atoms with E-state index in [0.717, 1.165) is 23.1 Å². The fourth-order valence-corrected chi connectivity index (χ4v) is 1.97. The number of aromatic nitrogens is 3. The van der Waals surface area contributed by atoms with Crippen molar-refractivity contribution in [2.24, 2.45) is 0 Å². The van der Waals surface area contributed by atoms with Gasteiger partial charge in [-0.1, -0.05) is 42.5 Å². The third-order valence-corrected chi connectivity index (χ3v) is 2.82. The van der Waals surface area contributed by atoms with E-state index in [0.29, 0.717) is 0 Å². The minimum atomic E-state index is 0.795. The molecule has 3 aromatic rings. The Morgan fingerprint density at radius 3 is 2.53 bits per heavy atom. The van der Waals surface area contributed by atoms with Crippen LogP contribution in [0.2, 0.25) is 0 Å². The van der Waals surface area contributed by atoms with Crippen LogP contribution in [0.15, 0.2) is 48.5 Å². The number of fused-ring (bicyclic) bond motifs is 1. The van der Waals surface area contributed by atoms with E-state index in [4.69, 9.17) is 0 Å². The number of benzene rings is 2. The average molecular weight is 223 g/mol. The lowest BCUT2D eigenvalue weighted by atomic mass is 10.0. The van der Waals surface area contributed by atoms with Crippen LogP contribution < -0.4 is 0 Å². The molecule has 0 amide bonds. The smallest absolute Gasteiger partial charge is 0.121 e. The van der Waals surface area contributed by atoms with Gasteiger partial charge in [0.15, 0.2) is 0 Å². The summed E-state index contributed by atoms with van der Waals surface area (Å²) in [6.07, 6.45) is 0. The first-order valence-electron chi connectivity index (χ1n) is 5.78. The maximum Gasteiger partial charge on any atom is 0.121 e. The van der Waals surface area contributed by atoms with Crippen LogP contribution in [0.25, 0.3) is 22.2 Å². The Balaban J connectivity index is 2.26. The highest BCUT2D eigenvalue weighted by atomic mass is 15.5. The van der Waals surface area contributed by atoms with Crippen molar-refractivity contribution in [2.75, 3.05) is 0 Å². The monoisotopic (exact) mass is 223 g/mol. The van der Waals surface area contributed by atoms with Gasteiger partial charge in [-0.3, -0.25) is 0 Å². The highest BCUT2D eigenvalue weighted by Gasteiger charge is 2.07. The van der Waals surface area contributed by atoms with Gasteiger partial charge in [0.2, 0.25) is 0 Å². The molecule has 1 aromatic heterocycles. The van der Waals surface area contributed by atoms with Gasteiger partial charge in [-0.25, -0.2) is 0 Å². The van der Waals surface area contributed by atoms with Crippen LogP contribution in [0, 0.1) is 0 Å². The zero-order chi connectivity index (χ0) is 11.7. The Kier molecular flexibility index (Phi) is 2.37. The van der Waals surface area contributed by atoms with Crippen LogP contribution in [0.4, 0.5) is 0 Å². The summed E-state index contributed by atoms with van der Waals surface area (Å²) in [5.41, 5.74) is 4.25. The molecule has 0 aliphatic rings. The van der Waals surface area contributed by atoms with Crippen LogP contribution >= 0.6 is 0 Å². The molecule has 0 aliphatic heterocycles. The van der Waals surface area contributed by atoms with Crippen molar-refractivity contribution in [1.29, 1.82) is 0 Å². The fourth-order valence-electron chi connectivity index (χ4n) is 1.97. The van der Waals surface area contributed by atoms with Crippen LogP contribution in [0.3, 0.4) is 0 Å². The molecule has 0 aliphatic carbocycles. The Labute approximate surface area is 99.7 Å². The summed E-state index contributed by atoms with van der Waals surface area (Å²) < 4.78 is 0. The third-order valence-electron chi connectivity index (χ3n) is 2.82. The maximum atomic E-state index is 4.51. The molecule has 0 unspecified atom stereocenters. The van der Waals surface area contributed by atoms with E-state index in [1.54, 1.807) is 4.80 Å². The normalized spacial score (nSPS) is 10.9. The summed E-state index contributed by atoms with van der Waals surface area (Å²) in [6, 6.07) is 16.4. The number of hydrogen-bond donors (Lipinski definition) is 0. The predicted octanol–water partition coefficient (Wildman–Crippen LogP) is 3.12. The second-order valence-corrected chi connectivity index (χ2v) is 3.93. The highest BCUT2D eigenvalue weighted by Crippen LogP contribution is 2.25. The molecule has 2 aromatic carbocycles. The van der Waals surface area contributed by atoms with Gasteiger partial charge in [0.05, 0.1) is 6.54 Å². The van der Waals surface area contributed by atoms with Crippen molar-refractivity contribution in [1.82, 2.24) is 15.0 Å². The summed E-state index contributed by atoms with van der Waals surface area (Å²) in [4.78, 5) is 1.73. The molecule has 0 radical (unpaired) electrons. The van der Waals surface area contributed by atoms with Gasteiger partial charge in [-0.05, 0) is 18.6 Å². The Morgan fingerprint density at radius 1 is 0.941 bits per heavy atom. The number of rotatable bonds is 2. The van der Waals surface area contributed by atoms with E-state index in [1.807, 2.05) is 37.3 Å². The van der Waals surface area contributed by atoms with Crippen molar-refractivity contribution >= 4 is 11.0 Å². The molecule has 3 nitrogen and oxygen atoms in total. The molecule has 0 fully saturated rings. The van der Waals surface area contributed by atoms with Crippen LogP contribution in [-0.4, -0.2) is 15.0 Å². The van der Waals surface area contributed by atoms with E-state index in [2.05, 4.69) is 28.4 Å². The Bertz CT molecular complexity index is 641. The summed E-state index contributed by atoms with van der Waals surface area (Å²) in [7, 11) is 0. The summed E-state index contributed by atoms with van der Waals surface area (Å²) in [5, 5.41) is 8.94. The zero-order valence-electron chi connectivity index (χ0n) is 9.67. The molecule has 0 atom stereocenters. The van der Waals surface area contributed by atoms with E-state index in [1.165, 1.54) is 5.56 Å². The lowest BCUT2D eigenvalue weighted by Crippen LogP contribution is -1.97. The number of nitrogens with zero attached hydrogens (tertiary/aromatic N) is 3. The van der Waals surface area contributed by atoms with Crippen LogP contribution in [0.1, 0.15) is 6.92 Å². The summed E-state index contributed by atoms with van der Waals surface area (Å²) in [5.74, 6) is 0. The second-order valence-electron chi connectivity index (χ2n) is 3.93. The van der Waals surface area contributed by atoms with Gasteiger partial charge in [0.1, 0.15) is 11.0 Å². The van der Waals surface area contributed by atoms with Crippen molar-refractivity contribution in [3.8, 4) is 11.1 Å². The molecule has 17 heavy (non-hydrogen) atoms. The van der Waals surface area contributed by atoms with Gasteiger partial charge in [0.25, 0.3) is 0 Å². The first-order chi connectivity index (χ1) is 8.38. The number of hydrogen-bond acceptors (Lipinski definition) is 2. The molecule has 84 valence electrons. The summed E-state index contributed by atoms with van der Waals surface area (Å²) in [6.45, 7) is 2.84. The molecular formula is C14H13N3. The quantitative estimate of drug-likeness (QED) is 0.668. The standard InChI is InChI=1S/C14H13N3/c1-2-17-15-13-10-6-9-12(14(13)16-17)11-7-4-3-5-8-11/h3-10H,2H2,1H3. The first-order valence-corrected chi connectivity index (χ1v) is 5.78. The summed E-state index contributed by atoms with van der Waals surface area (Å²) >= 11 is 0. The van der Waals surface area contributed by atoms with Gasteiger partial charge in [0, 0.05) is 5.56 Å². The van der Waals surface area contributed by atoms with Gasteiger partial charge >= 0.3 is 0 Å². The second kappa shape index (κ2) is 4.01. The fraction of sp³-hybridized carbons (Fsp3) is 0.143. The topological polar surface area (TPSA) is 30.7 Å². The molecular weight excluding hydrogens is 210 g/mol.